The molecule has 2 heterocycles. The number of aliphatic hydroxyl groups excluding tert-OH is 1. The van der Waals surface area contributed by atoms with Crippen LogP contribution in [0.5, 0.6) is 0 Å². The van der Waals surface area contributed by atoms with Crippen molar-refractivity contribution in [3.8, 4) is 0 Å². The molecule has 1 aromatic rings. The fourth-order valence-electron chi connectivity index (χ4n) is 3.08. The average molecular weight is 396 g/mol. The van der Waals surface area contributed by atoms with Crippen LogP contribution in [0.3, 0.4) is 0 Å². The lowest BCUT2D eigenvalue weighted by atomic mass is 10.1. The third-order valence-electron chi connectivity index (χ3n) is 4.47. The van der Waals surface area contributed by atoms with Gasteiger partial charge < -0.3 is 5.11 Å². The summed E-state index contributed by atoms with van der Waals surface area (Å²) in [6.45, 7) is 2.70. The van der Waals surface area contributed by atoms with E-state index < -0.39 is 0 Å². The second-order valence-corrected chi connectivity index (χ2v) is 8.54. The Morgan fingerprint density at radius 2 is 1.73 bits per heavy atom. The minimum Gasteiger partial charge on any atom is -0.396 e. The van der Waals surface area contributed by atoms with Gasteiger partial charge in [-0.2, -0.15) is 0 Å². The van der Waals surface area contributed by atoms with Crippen LogP contribution in [-0.2, 0) is 9.59 Å². The van der Waals surface area contributed by atoms with Crippen LogP contribution in [0.15, 0.2) is 22.4 Å². The van der Waals surface area contributed by atoms with Crippen LogP contribution in [0, 0.1) is 0 Å². The minimum atomic E-state index is -0.195. The number of hydrogen-bond acceptors (Lipinski definition) is 5. The predicted molar refractivity (Wildman–Crippen MR) is 110 cm³/mol. The van der Waals surface area contributed by atoms with Crippen molar-refractivity contribution in [2.24, 2.45) is 0 Å². The summed E-state index contributed by atoms with van der Waals surface area (Å²) in [6.07, 6.45) is 9.46. The molecule has 0 saturated heterocycles. The van der Waals surface area contributed by atoms with Crippen LogP contribution in [0.1, 0.15) is 63.2 Å². The Morgan fingerprint density at radius 1 is 1.04 bits per heavy atom. The van der Waals surface area contributed by atoms with Crippen molar-refractivity contribution >= 4 is 40.5 Å². The lowest BCUT2D eigenvalue weighted by Gasteiger charge is -2.14. The topological polar surface area (TPSA) is 57.6 Å². The molecule has 2 amide bonds. The highest BCUT2D eigenvalue weighted by Gasteiger charge is 2.38. The maximum Gasteiger partial charge on any atom is 0.268 e. The Balaban J connectivity index is 1.87. The van der Waals surface area contributed by atoms with Crippen molar-refractivity contribution in [1.29, 1.82) is 0 Å². The lowest BCUT2D eigenvalue weighted by molar-refractivity contribution is -0.136. The van der Waals surface area contributed by atoms with Crippen LogP contribution >= 0.6 is 23.1 Å². The number of nitrogens with zero attached hydrogens (tertiary/aromatic N) is 1. The van der Waals surface area contributed by atoms with Crippen LogP contribution in [-0.4, -0.2) is 40.7 Å². The summed E-state index contributed by atoms with van der Waals surface area (Å²) in [6, 6.07) is 3.77. The van der Waals surface area contributed by atoms with Crippen molar-refractivity contribution in [3.63, 3.8) is 0 Å². The van der Waals surface area contributed by atoms with Gasteiger partial charge in [0, 0.05) is 17.2 Å². The number of carbonyl (C=O) groups excluding carboxylic acids is 2. The van der Waals surface area contributed by atoms with E-state index in [0.717, 1.165) is 24.1 Å². The lowest BCUT2D eigenvalue weighted by Crippen LogP contribution is -2.32. The molecule has 0 unspecified atom stereocenters. The standard InChI is InChI=1S/C20H29NO3S2/c1-2-3-4-5-6-7-8-9-12-21-19(23)17(16-11-10-14-25-16)18(20(21)24)26-15-13-22/h10-11,14,22H,2-9,12-13,15H2,1H3. The first-order chi connectivity index (χ1) is 12.7. The molecule has 6 heteroatoms. The van der Waals surface area contributed by atoms with E-state index in [4.69, 9.17) is 5.11 Å². The zero-order chi connectivity index (χ0) is 18.8. The highest BCUT2D eigenvalue weighted by atomic mass is 32.2. The number of carbonyl (C=O) groups is 2. The molecule has 0 atom stereocenters. The number of thioether (sulfide) groups is 1. The molecule has 0 spiro atoms. The van der Waals surface area contributed by atoms with E-state index in [1.165, 1.54) is 60.1 Å². The van der Waals surface area contributed by atoms with Gasteiger partial charge in [0.2, 0.25) is 0 Å². The normalized spacial score (nSPS) is 14.8. The molecule has 26 heavy (non-hydrogen) atoms. The molecule has 0 saturated carbocycles. The summed E-state index contributed by atoms with van der Waals surface area (Å²) in [7, 11) is 0. The molecular formula is C20H29NO3S2. The summed E-state index contributed by atoms with van der Waals surface area (Å²) >= 11 is 2.76. The van der Waals surface area contributed by atoms with Crippen LogP contribution in [0.4, 0.5) is 0 Å². The molecule has 2 rings (SSSR count). The highest BCUT2D eigenvalue weighted by molar-refractivity contribution is 8.04. The molecule has 0 aliphatic carbocycles. The average Bonchev–Trinajstić information content (AvgIpc) is 3.23. The molecular weight excluding hydrogens is 366 g/mol. The van der Waals surface area contributed by atoms with E-state index in [0.29, 0.717) is 22.8 Å². The van der Waals surface area contributed by atoms with Gasteiger partial charge in [-0.1, -0.05) is 57.9 Å². The number of imide groups is 1. The van der Waals surface area contributed by atoms with E-state index in [1.54, 1.807) is 0 Å². The van der Waals surface area contributed by atoms with E-state index >= 15 is 0 Å². The second-order valence-electron chi connectivity index (χ2n) is 6.49. The molecule has 0 radical (unpaired) electrons. The van der Waals surface area contributed by atoms with Crippen LogP contribution in [0.2, 0.25) is 0 Å². The smallest absolute Gasteiger partial charge is 0.268 e. The van der Waals surface area contributed by atoms with E-state index in [9.17, 15) is 9.59 Å². The van der Waals surface area contributed by atoms with Crippen molar-refractivity contribution in [1.82, 2.24) is 4.90 Å². The van der Waals surface area contributed by atoms with Gasteiger partial charge in [-0.05, 0) is 17.9 Å². The number of rotatable bonds is 13. The molecule has 1 aliphatic rings. The summed E-state index contributed by atoms with van der Waals surface area (Å²) < 4.78 is 0. The molecule has 1 N–H and O–H groups in total. The van der Waals surface area contributed by atoms with Gasteiger partial charge in [-0.15, -0.1) is 23.1 Å². The Hall–Kier alpha value is -1.11. The minimum absolute atomic E-state index is 0.00854. The van der Waals surface area contributed by atoms with Gasteiger partial charge in [0.25, 0.3) is 11.8 Å². The maximum absolute atomic E-state index is 12.8. The van der Waals surface area contributed by atoms with Gasteiger partial charge in [-0.3, -0.25) is 14.5 Å². The summed E-state index contributed by atoms with van der Waals surface area (Å²) in [4.78, 5) is 28.2. The van der Waals surface area contributed by atoms with Crippen molar-refractivity contribution < 1.29 is 14.7 Å². The molecule has 144 valence electrons. The Kier molecular flexibility index (Phi) is 9.43. The third-order valence-corrected chi connectivity index (χ3v) is 6.41. The summed E-state index contributed by atoms with van der Waals surface area (Å²) in [5.41, 5.74) is 0.517. The summed E-state index contributed by atoms with van der Waals surface area (Å²) in [5, 5.41) is 11.0. The second kappa shape index (κ2) is 11.6. The fourth-order valence-corrected chi connectivity index (χ4v) is 4.78. The molecule has 1 aromatic heterocycles. The Labute approximate surface area is 164 Å². The van der Waals surface area contributed by atoms with Gasteiger partial charge in [-0.25, -0.2) is 0 Å². The largest absolute Gasteiger partial charge is 0.396 e. The number of aliphatic hydroxyl groups is 1. The van der Waals surface area contributed by atoms with Crippen molar-refractivity contribution in [2.45, 2.75) is 58.3 Å². The monoisotopic (exact) mass is 395 g/mol. The summed E-state index contributed by atoms with van der Waals surface area (Å²) in [5.74, 6) is 0.0510. The Morgan fingerprint density at radius 3 is 2.35 bits per heavy atom. The first kappa shape index (κ1) is 21.2. The van der Waals surface area contributed by atoms with Crippen LogP contribution < -0.4 is 0 Å². The number of unbranched alkanes of at least 4 members (excludes halogenated alkanes) is 7. The first-order valence-electron chi connectivity index (χ1n) is 9.58. The van der Waals surface area contributed by atoms with E-state index in [2.05, 4.69) is 6.92 Å². The van der Waals surface area contributed by atoms with E-state index in [-0.39, 0.29) is 18.4 Å². The molecule has 0 fully saturated rings. The maximum atomic E-state index is 12.8. The molecule has 4 nitrogen and oxygen atoms in total. The van der Waals surface area contributed by atoms with Crippen molar-refractivity contribution in [2.75, 3.05) is 18.9 Å². The van der Waals surface area contributed by atoms with Gasteiger partial charge in [0.1, 0.15) is 0 Å². The van der Waals surface area contributed by atoms with Crippen molar-refractivity contribution in [3.05, 3.63) is 27.3 Å². The zero-order valence-corrected chi connectivity index (χ0v) is 17.2. The molecule has 0 bridgehead atoms. The predicted octanol–water partition coefficient (Wildman–Crippen LogP) is 4.69. The number of thiophene rings is 1. The molecule has 0 aromatic carbocycles. The van der Waals surface area contributed by atoms with Gasteiger partial charge in [0.05, 0.1) is 17.1 Å². The van der Waals surface area contributed by atoms with E-state index in [1.807, 2.05) is 17.5 Å². The SMILES string of the molecule is CCCCCCCCCCN1C(=O)C(SCCO)=C(c2cccs2)C1=O. The molecule has 1 aliphatic heterocycles. The van der Waals surface area contributed by atoms with Gasteiger partial charge in [0.15, 0.2) is 0 Å². The third kappa shape index (κ3) is 5.69. The first-order valence-corrected chi connectivity index (χ1v) is 11.4. The zero-order valence-electron chi connectivity index (χ0n) is 15.5. The highest BCUT2D eigenvalue weighted by Crippen LogP contribution is 2.37. The Bertz CT molecular complexity index is 611. The fraction of sp³-hybridized carbons (Fsp3) is 0.600. The van der Waals surface area contributed by atoms with Gasteiger partial charge >= 0.3 is 0 Å². The van der Waals surface area contributed by atoms with Crippen LogP contribution in [0.25, 0.3) is 5.57 Å². The number of amides is 2. The quantitative estimate of drug-likeness (QED) is 0.389. The number of hydrogen-bond donors (Lipinski definition) is 1.